The maximum absolute atomic E-state index is 14.6. The van der Waals surface area contributed by atoms with Gasteiger partial charge in [-0.05, 0) is 75.5 Å². The molecule has 0 bridgehead atoms. The van der Waals surface area contributed by atoms with E-state index in [9.17, 15) is 28.8 Å². The predicted molar refractivity (Wildman–Crippen MR) is 260 cm³/mol. The lowest BCUT2D eigenvalue weighted by Crippen LogP contribution is -2.60. The van der Waals surface area contributed by atoms with Crippen molar-refractivity contribution in [3.63, 3.8) is 0 Å². The monoisotopic (exact) mass is 945 g/mol. The summed E-state index contributed by atoms with van der Waals surface area (Å²) in [6.07, 6.45) is 17.3. The Morgan fingerprint density at radius 3 is 1.01 bits per heavy atom. The Balaban J connectivity index is 1.89. The van der Waals surface area contributed by atoms with Crippen LogP contribution in [0.4, 0.5) is 0 Å². The van der Waals surface area contributed by atoms with Gasteiger partial charge in [-0.3, -0.25) is 43.7 Å². The zero-order valence-electron chi connectivity index (χ0n) is 39.7. The highest BCUT2D eigenvalue weighted by Crippen LogP contribution is 2.30. The summed E-state index contributed by atoms with van der Waals surface area (Å²) in [5.74, 6) is -3.43. The van der Waals surface area contributed by atoms with Gasteiger partial charge in [-0.1, -0.05) is 96.3 Å². The van der Waals surface area contributed by atoms with E-state index in [0.717, 1.165) is 96.3 Å². The summed E-state index contributed by atoms with van der Waals surface area (Å²) in [6.45, 7) is 0.582. The van der Waals surface area contributed by atoms with Crippen molar-refractivity contribution in [2.45, 2.75) is 190 Å². The molecule has 0 unspecified atom stereocenters. The number of hydrogen-bond donors (Lipinski definition) is 13. The van der Waals surface area contributed by atoms with E-state index < -0.39 is 71.7 Å². The number of aliphatic imine (C=N–C) groups is 3. The molecule has 6 amide bonds. The van der Waals surface area contributed by atoms with Gasteiger partial charge in [0, 0.05) is 19.6 Å². The normalized spacial score (nSPS) is 18.6. The average molecular weight is 945 g/mol. The summed E-state index contributed by atoms with van der Waals surface area (Å²) < 4.78 is 0. The van der Waals surface area contributed by atoms with E-state index in [2.05, 4.69) is 41.6 Å². The number of hydrogen-bond acceptors (Lipinski definition) is 10. The van der Waals surface area contributed by atoms with Crippen LogP contribution in [0, 0.1) is 17.8 Å². The van der Waals surface area contributed by atoms with Crippen LogP contribution < -0.4 is 72.5 Å². The molecule has 0 saturated heterocycles. The molecule has 0 aromatic rings. The summed E-state index contributed by atoms with van der Waals surface area (Å²) in [4.78, 5) is 95.3. The molecule has 67 heavy (non-hydrogen) atoms. The SMILES string of the molecule is NC(=O)[C@@H](CCCN=C(N)N)NC(=O)[C@H](CC1CCCCC1)NC(=O)[C@@H](CCCN=C(N)N)NC(=O)[C@H](CC1CCCCC1)NC(=O)[C@@H](CCCN=C(N)N)NC(=O)[C@@H](N)CC1CCCCC1. The molecule has 3 aliphatic carbocycles. The Labute approximate surface area is 396 Å². The third-order valence-corrected chi connectivity index (χ3v) is 13.3. The van der Waals surface area contributed by atoms with Crippen molar-refractivity contribution in [2.24, 2.45) is 78.6 Å². The molecule has 6 atom stereocenters. The summed E-state index contributed by atoms with van der Waals surface area (Å²) in [5.41, 5.74) is 45.2. The van der Waals surface area contributed by atoms with Crippen molar-refractivity contribution < 1.29 is 28.8 Å². The maximum atomic E-state index is 14.6. The molecular weight excluding hydrogens is 861 g/mol. The van der Waals surface area contributed by atoms with Crippen LogP contribution in [0.15, 0.2) is 15.0 Å². The Bertz CT molecular complexity index is 1650. The summed E-state index contributed by atoms with van der Waals surface area (Å²) in [6, 6.07) is -6.29. The van der Waals surface area contributed by atoms with Crippen molar-refractivity contribution in [3.05, 3.63) is 0 Å². The first-order valence-electron chi connectivity index (χ1n) is 24.7. The molecule has 380 valence electrons. The zero-order chi connectivity index (χ0) is 49.1. The summed E-state index contributed by atoms with van der Waals surface area (Å²) in [5, 5.41) is 14.3. The molecule has 0 aromatic carbocycles. The number of amides is 6. The number of nitrogens with zero attached hydrogens (tertiary/aromatic N) is 3. The Kier molecular flexibility index (Phi) is 25.7. The Morgan fingerprint density at radius 2 is 0.672 bits per heavy atom. The molecule has 0 radical (unpaired) electrons. The predicted octanol–water partition coefficient (Wildman–Crippen LogP) is -0.705. The molecule has 21 N–H and O–H groups in total. The molecule has 0 aliphatic heterocycles. The highest BCUT2D eigenvalue weighted by molar-refractivity contribution is 5.96. The molecule has 22 heteroatoms. The molecule has 0 spiro atoms. The van der Waals surface area contributed by atoms with Gasteiger partial charge < -0.3 is 72.5 Å². The van der Waals surface area contributed by atoms with E-state index in [1.807, 2.05) is 0 Å². The second kappa shape index (κ2) is 30.8. The van der Waals surface area contributed by atoms with Crippen LogP contribution in [0.3, 0.4) is 0 Å². The standard InChI is InChI=1S/C45H84N16O6/c46-31(25-28-13-4-1-5-14-28)38(63)58-33(20-11-23-55-44(50)51)39(64)61-36(27-30-17-8-3-9-18-30)42(67)59-34(21-12-24-56-45(52)53)40(65)60-35(26-29-15-6-2-7-16-29)41(66)57-32(37(47)62)19-10-22-54-43(48)49/h28-36H,1-27,46H2,(H2,47,62)(H,57,66)(H,58,63)(H,59,67)(H,60,65)(H,61,64)(H4,48,49,54)(H4,50,51,55)(H4,52,53,56)/t31-,32+,33+,34+,35-,36-/m0/s1. The van der Waals surface area contributed by atoms with Crippen LogP contribution in [-0.2, 0) is 28.8 Å². The highest BCUT2D eigenvalue weighted by atomic mass is 16.2. The fourth-order valence-corrected chi connectivity index (χ4v) is 9.57. The van der Waals surface area contributed by atoms with Gasteiger partial charge in [0.2, 0.25) is 35.4 Å². The lowest BCUT2D eigenvalue weighted by molar-refractivity contribution is -0.135. The van der Waals surface area contributed by atoms with Crippen LogP contribution >= 0.6 is 0 Å². The number of guanidine groups is 3. The molecule has 3 rings (SSSR count). The van der Waals surface area contributed by atoms with Gasteiger partial charge in [0.25, 0.3) is 0 Å². The molecule has 3 saturated carbocycles. The van der Waals surface area contributed by atoms with Crippen molar-refractivity contribution in [1.82, 2.24) is 26.6 Å². The van der Waals surface area contributed by atoms with E-state index in [0.29, 0.717) is 38.0 Å². The number of carbonyl (C=O) groups is 6. The number of nitrogens with one attached hydrogen (secondary N) is 5. The lowest BCUT2D eigenvalue weighted by atomic mass is 9.84. The second-order valence-corrected chi connectivity index (χ2v) is 18.9. The van der Waals surface area contributed by atoms with Gasteiger partial charge in [-0.2, -0.15) is 0 Å². The van der Waals surface area contributed by atoms with E-state index >= 15 is 0 Å². The smallest absolute Gasteiger partial charge is 0.243 e. The Morgan fingerprint density at radius 1 is 0.388 bits per heavy atom. The van der Waals surface area contributed by atoms with Crippen molar-refractivity contribution in [2.75, 3.05) is 19.6 Å². The largest absolute Gasteiger partial charge is 0.370 e. The van der Waals surface area contributed by atoms with E-state index in [1.165, 1.54) is 0 Å². The Hall–Kier alpha value is -5.41. The molecule has 22 nitrogen and oxygen atoms in total. The van der Waals surface area contributed by atoms with Gasteiger partial charge in [0.05, 0.1) is 6.04 Å². The van der Waals surface area contributed by atoms with Crippen LogP contribution in [0.25, 0.3) is 0 Å². The molecule has 3 fully saturated rings. The van der Waals surface area contributed by atoms with Crippen LogP contribution in [0.1, 0.15) is 154 Å². The average Bonchev–Trinajstić information content (AvgIpc) is 3.29. The van der Waals surface area contributed by atoms with Gasteiger partial charge in [0.15, 0.2) is 17.9 Å². The van der Waals surface area contributed by atoms with E-state index in [-0.39, 0.29) is 75.0 Å². The fraction of sp³-hybridized carbons (Fsp3) is 0.800. The third kappa shape index (κ3) is 22.8. The quantitative estimate of drug-likeness (QED) is 0.0251. The van der Waals surface area contributed by atoms with Crippen LogP contribution in [0.2, 0.25) is 0 Å². The van der Waals surface area contributed by atoms with Crippen molar-refractivity contribution in [3.8, 4) is 0 Å². The minimum absolute atomic E-state index is 0.0767. The second-order valence-electron chi connectivity index (χ2n) is 18.9. The molecular formula is C45H84N16O6. The number of rotatable bonds is 29. The van der Waals surface area contributed by atoms with Gasteiger partial charge in [-0.15, -0.1) is 0 Å². The van der Waals surface area contributed by atoms with Gasteiger partial charge >= 0.3 is 0 Å². The number of nitrogens with two attached hydrogens (primary N) is 8. The summed E-state index contributed by atoms with van der Waals surface area (Å²) in [7, 11) is 0. The van der Waals surface area contributed by atoms with Gasteiger partial charge in [0.1, 0.15) is 30.2 Å². The molecule has 0 aromatic heterocycles. The minimum atomic E-state index is -1.19. The first-order chi connectivity index (χ1) is 32.0. The van der Waals surface area contributed by atoms with E-state index in [4.69, 9.17) is 45.9 Å². The van der Waals surface area contributed by atoms with Crippen LogP contribution in [0.5, 0.6) is 0 Å². The molecule has 3 aliphatic rings. The minimum Gasteiger partial charge on any atom is -0.370 e. The number of primary amides is 1. The first-order valence-corrected chi connectivity index (χ1v) is 24.7. The number of carbonyl (C=O) groups excluding carboxylic acids is 6. The molecule has 0 heterocycles. The zero-order valence-corrected chi connectivity index (χ0v) is 39.7. The van der Waals surface area contributed by atoms with Gasteiger partial charge in [-0.25, -0.2) is 0 Å². The lowest BCUT2D eigenvalue weighted by Gasteiger charge is -2.31. The maximum Gasteiger partial charge on any atom is 0.243 e. The fourth-order valence-electron chi connectivity index (χ4n) is 9.57. The van der Waals surface area contributed by atoms with Crippen molar-refractivity contribution in [1.29, 1.82) is 0 Å². The topological polar surface area (TPSA) is 408 Å². The van der Waals surface area contributed by atoms with Crippen LogP contribution in [-0.4, -0.2) is 109 Å². The third-order valence-electron chi connectivity index (χ3n) is 13.3. The van der Waals surface area contributed by atoms with Crippen molar-refractivity contribution >= 4 is 53.3 Å². The highest BCUT2D eigenvalue weighted by Gasteiger charge is 2.35. The summed E-state index contributed by atoms with van der Waals surface area (Å²) >= 11 is 0. The van der Waals surface area contributed by atoms with E-state index in [1.54, 1.807) is 0 Å². The first kappa shape index (κ1) is 55.9.